The first-order valence-corrected chi connectivity index (χ1v) is 8.89. The average Bonchev–Trinajstić information content (AvgIpc) is 2.57. The van der Waals surface area contributed by atoms with Gasteiger partial charge in [0.1, 0.15) is 0 Å². The quantitative estimate of drug-likeness (QED) is 0.797. The average molecular weight is 353 g/mol. The lowest BCUT2D eigenvalue weighted by Crippen LogP contribution is -2.65. The van der Waals surface area contributed by atoms with Crippen LogP contribution in [-0.2, 0) is 16.0 Å². The minimum absolute atomic E-state index is 0. The lowest BCUT2D eigenvalue weighted by atomic mass is 9.55. The van der Waals surface area contributed by atoms with E-state index in [1.807, 2.05) is 24.3 Å². The van der Waals surface area contributed by atoms with Crippen molar-refractivity contribution in [2.45, 2.75) is 64.0 Å². The van der Waals surface area contributed by atoms with Crippen LogP contribution in [-0.4, -0.2) is 24.7 Å². The summed E-state index contributed by atoms with van der Waals surface area (Å²) in [5.74, 6) is 0.111. The van der Waals surface area contributed by atoms with Crippen LogP contribution >= 0.6 is 12.4 Å². The molecule has 24 heavy (non-hydrogen) atoms. The number of amides is 1. The summed E-state index contributed by atoms with van der Waals surface area (Å²) in [4.78, 5) is 12.4. The van der Waals surface area contributed by atoms with E-state index in [1.54, 1.807) is 0 Å². The van der Waals surface area contributed by atoms with E-state index >= 15 is 0 Å². The third kappa shape index (κ3) is 3.86. The Morgan fingerprint density at radius 1 is 1.25 bits per heavy atom. The summed E-state index contributed by atoms with van der Waals surface area (Å²) in [7, 11) is 0. The number of anilines is 1. The van der Waals surface area contributed by atoms with Crippen molar-refractivity contribution in [1.82, 2.24) is 5.32 Å². The van der Waals surface area contributed by atoms with Crippen LogP contribution in [0.3, 0.4) is 0 Å². The predicted molar refractivity (Wildman–Crippen MR) is 99.3 cm³/mol. The van der Waals surface area contributed by atoms with Crippen LogP contribution < -0.4 is 11.1 Å². The van der Waals surface area contributed by atoms with Crippen molar-refractivity contribution in [2.24, 2.45) is 5.41 Å². The van der Waals surface area contributed by atoms with Crippen molar-refractivity contribution in [2.75, 3.05) is 12.3 Å². The van der Waals surface area contributed by atoms with Crippen molar-refractivity contribution in [3.63, 3.8) is 0 Å². The number of rotatable bonds is 5. The monoisotopic (exact) mass is 352 g/mol. The van der Waals surface area contributed by atoms with Gasteiger partial charge in [-0.05, 0) is 43.9 Å². The molecular weight excluding hydrogens is 324 g/mol. The summed E-state index contributed by atoms with van der Waals surface area (Å²) < 4.78 is 5.95. The second kappa shape index (κ2) is 8.21. The Kier molecular flexibility index (Phi) is 6.53. The highest BCUT2D eigenvalue weighted by Crippen LogP contribution is 2.53. The number of halogens is 1. The maximum Gasteiger partial charge on any atom is 0.224 e. The Morgan fingerprint density at radius 3 is 2.54 bits per heavy atom. The third-order valence-electron chi connectivity index (χ3n) is 5.62. The van der Waals surface area contributed by atoms with Crippen molar-refractivity contribution in [1.29, 1.82) is 0 Å². The van der Waals surface area contributed by atoms with Gasteiger partial charge in [0.15, 0.2) is 0 Å². The molecule has 3 rings (SSSR count). The second-order valence-electron chi connectivity index (χ2n) is 7.01. The summed E-state index contributed by atoms with van der Waals surface area (Å²) in [5, 5.41) is 3.28. The number of carbonyl (C=O) groups excluding carboxylic acids is 1. The van der Waals surface area contributed by atoms with Gasteiger partial charge in [0, 0.05) is 23.8 Å². The normalized spacial score (nSPS) is 24.7. The molecule has 4 nitrogen and oxygen atoms in total. The summed E-state index contributed by atoms with van der Waals surface area (Å²) in [5.41, 5.74) is 7.62. The zero-order valence-electron chi connectivity index (χ0n) is 14.4. The zero-order chi connectivity index (χ0) is 16.3. The summed E-state index contributed by atoms with van der Waals surface area (Å²) in [6, 6.07) is 7.82. The zero-order valence-corrected chi connectivity index (χ0v) is 15.2. The van der Waals surface area contributed by atoms with Gasteiger partial charge in [-0.15, -0.1) is 12.4 Å². The molecule has 2 saturated carbocycles. The lowest BCUT2D eigenvalue weighted by Gasteiger charge is -2.57. The van der Waals surface area contributed by atoms with Gasteiger partial charge < -0.3 is 15.8 Å². The molecular formula is C19H29ClN2O2. The van der Waals surface area contributed by atoms with Gasteiger partial charge in [-0.3, -0.25) is 4.79 Å². The van der Waals surface area contributed by atoms with Gasteiger partial charge in [-0.25, -0.2) is 0 Å². The highest BCUT2D eigenvalue weighted by Gasteiger charge is 2.55. The molecule has 2 aliphatic rings. The molecule has 3 N–H and O–H groups in total. The van der Waals surface area contributed by atoms with Crippen molar-refractivity contribution >= 4 is 24.0 Å². The number of benzene rings is 1. The number of nitrogen functional groups attached to an aromatic ring is 1. The fourth-order valence-electron chi connectivity index (χ4n) is 4.33. The first-order valence-electron chi connectivity index (χ1n) is 8.89. The van der Waals surface area contributed by atoms with Crippen LogP contribution in [0, 0.1) is 5.41 Å². The van der Waals surface area contributed by atoms with E-state index < -0.39 is 0 Å². The van der Waals surface area contributed by atoms with Gasteiger partial charge in [-0.2, -0.15) is 0 Å². The molecule has 1 aromatic rings. The van der Waals surface area contributed by atoms with E-state index in [4.69, 9.17) is 10.5 Å². The van der Waals surface area contributed by atoms with E-state index in [1.165, 1.54) is 32.1 Å². The molecule has 2 unspecified atom stereocenters. The Labute approximate surface area is 150 Å². The Balaban J connectivity index is 0.00000208. The summed E-state index contributed by atoms with van der Waals surface area (Å²) in [6.07, 6.45) is 7.91. The number of hydrogen-bond donors (Lipinski definition) is 2. The fraction of sp³-hybridized carbons (Fsp3) is 0.632. The largest absolute Gasteiger partial charge is 0.399 e. The maximum absolute atomic E-state index is 12.4. The van der Waals surface area contributed by atoms with Gasteiger partial charge >= 0.3 is 0 Å². The molecule has 0 radical (unpaired) electrons. The second-order valence-corrected chi connectivity index (χ2v) is 7.01. The molecule has 0 aliphatic heterocycles. The standard InChI is InChI=1S/C19H28N2O2.ClH/c1-2-23-17-13-16(19(17)10-4-3-5-11-19)21-18(22)12-14-6-8-15(20)9-7-14;/h6-9,16-17H,2-5,10-13,20H2,1H3,(H,21,22);1H. The number of nitrogens with one attached hydrogen (secondary N) is 1. The first-order chi connectivity index (χ1) is 11.1. The molecule has 5 heteroatoms. The molecule has 134 valence electrons. The van der Waals surface area contributed by atoms with Crippen LogP contribution in [0.1, 0.15) is 51.0 Å². The Bertz CT molecular complexity index is 541. The molecule has 2 atom stereocenters. The van der Waals surface area contributed by atoms with Gasteiger partial charge in [0.25, 0.3) is 0 Å². The Morgan fingerprint density at radius 2 is 1.92 bits per heavy atom. The maximum atomic E-state index is 12.4. The molecule has 0 aromatic heterocycles. The van der Waals surface area contributed by atoms with Crippen LogP contribution in [0.4, 0.5) is 5.69 Å². The molecule has 0 heterocycles. The lowest BCUT2D eigenvalue weighted by molar-refractivity contribution is -0.156. The minimum Gasteiger partial charge on any atom is -0.399 e. The number of hydrogen-bond acceptors (Lipinski definition) is 3. The van der Waals surface area contributed by atoms with Crippen LogP contribution in [0.2, 0.25) is 0 Å². The van der Waals surface area contributed by atoms with Crippen molar-refractivity contribution in [3.8, 4) is 0 Å². The fourth-order valence-corrected chi connectivity index (χ4v) is 4.33. The molecule has 0 saturated heterocycles. The smallest absolute Gasteiger partial charge is 0.224 e. The summed E-state index contributed by atoms with van der Waals surface area (Å²) >= 11 is 0. The van der Waals surface area contributed by atoms with E-state index in [9.17, 15) is 4.79 Å². The van der Waals surface area contributed by atoms with Crippen LogP contribution in [0.5, 0.6) is 0 Å². The predicted octanol–water partition coefficient (Wildman–Crippen LogP) is 3.48. The highest BCUT2D eigenvalue weighted by atomic mass is 35.5. The topological polar surface area (TPSA) is 64.3 Å². The van der Waals surface area contributed by atoms with E-state index in [-0.39, 0.29) is 29.8 Å². The van der Waals surface area contributed by atoms with Crippen molar-refractivity contribution < 1.29 is 9.53 Å². The number of ether oxygens (including phenoxy) is 1. The molecule has 0 bridgehead atoms. The first kappa shape index (κ1) is 19.1. The number of nitrogens with two attached hydrogens (primary N) is 1. The number of carbonyl (C=O) groups is 1. The summed E-state index contributed by atoms with van der Waals surface area (Å²) in [6.45, 7) is 2.82. The molecule has 1 spiro atoms. The van der Waals surface area contributed by atoms with Crippen LogP contribution in [0.25, 0.3) is 0 Å². The Hall–Kier alpha value is -1.26. The van der Waals surface area contributed by atoms with E-state index in [0.29, 0.717) is 12.5 Å². The van der Waals surface area contributed by atoms with E-state index in [0.717, 1.165) is 24.3 Å². The van der Waals surface area contributed by atoms with E-state index in [2.05, 4.69) is 12.2 Å². The molecule has 1 aromatic carbocycles. The third-order valence-corrected chi connectivity index (χ3v) is 5.62. The SMILES string of the molecule is CCOC1CC(NC(=O)Cc2ccc(N)cc2)C12CCCCC2.Cl. The van der Waals surface area contributed by atoms with Gasteiger partial charge in [-0.1, -0.05) is 31.4 Å². The van der Waals surface area contributed by atoms with Crippen LogP contribution in [0.15, 0.2) is 24.3 Å². The van der Waals surface area contributed by atoms with Gasteiger partial charge in [0.05, 0.1) is 12.5 Å². The molecule has 2 fully saturated rings. The minimum atomic E-state index is 0. The van der Waals surface area contributed by atoms with Crippen molar-refractivity contribution in [3.05, 3.63) is 29.8 Å². The molecule has 2 aliphatic carbocycles. The van der Waals surface area contributed by atoms with Gasteiger partial charge in [0.2, 0.25) is 5.91 Å². The molecule has 1 amide bonds. The highest BCUT2D eigenvalue weighted by molar-refractivity contribution is 5.85.